The molecule has 1 fully saturated rings. The van der Waals surface area contributed by atoms with Crippen LogP contribution in [0.1, 0.15) is 16.5 Å². The first kappa shape index (κ1) is 19.5. The van der Waals surface area contributed by atoms with Crippen molar-refractivity contribution >= 4 is 28.8 Å². The van der Waals surface area contributed by atoms with Crippen molar-refractivity contribution < 1.29 is 24.2 Å². The molecule has 152 valence electrons. The van der Waals surface area contributed by atoms with Crippen LogP contribution in [0.15, 0.2) is 41.3 Å². The Morgan fingerprint density at radius 3 is 2.66 bits per heavy atom. The molecule has 4 rings (SSSR count). The molecule has 8 heteroatoms. The summed E-state index contributed by atoms with van der Waals surface area (Å²) < 4.78 is 11.1. The van der Waals surface area contributed by atoms with Crippen LogP contribution < -0.4 is 9.47 Å². The molecular weight excluding hydrogens is 392 g/mol. The minimum Gasteiger partial charge on any atom is -0.507 e. The van der Waals surface area contributed by atoms with E-state index in [-0.39, 0.29) is 11.3 Å². The van der Waals surface area contributed by atoms with Gasteiger partial charge in [0.15, 0.2) is 11.5 Å². The smallest absolute Gasteiger partial charge is 0.295 e. The summed E-state index contributed by atoms with van der Waals surface area (Å²) in [7, 11) is 3.82. The lowest BCUT2D eigenvalue weighted by molar-refractivity contribution is -0.140. The molecule has 1 aromatic heterocycles. The number of benzene rings is 1. The predicted octanol–water partition coefficient (Wildman–Crippen LogP) is 2.50. The van der Waals surface area contributed by atoms with Gasteiger partial charge in [-0.05, 0) is 43.7 Å². The normalized spacial score (nSPS) is 20.5. The third-order valence-corrected chi connectivity index (χ3v) is 5.88. The summed E-state index contributed by atoms with van der Waals surface area (Å²) in [6, 6.07) is 8.15. The Hall–Kier alpha value is -2.84. The number of ketones is 1. The van der Waals surface area contributed by atoms with E-state index in [0.717, 1.165) is 4.88 Å². The second kappa shape index (κ2) is 7.88. The van der Waals surface area contributed by atoms with Crippen LogP contribution in [-0.4, -0.2) is 67.0 Å². The second-order valence-corrected chi connectivity index (χ2v) is 8.15. The van der Waals surface area contributed by atoms with Gasteiger partial charge in [-0.3, -0.25) is 9.59 Å². The number of fused-ring (bicyclic) bond motifs is 1. The van der Waals surface area contributed by atoms with Crippen LogP contribution in [0.3, 0.4) is 0 Å². The third kappa shape index (κ3) is 3.61. The summed E-state index contributed by atoms with van der Waals surface area (Å²) in [4.78, 5) is 30.0. The molecule has 1 saturated heterocycles. The van der Waals surface area contributed by atoms with Gasteiger partial charge in [-0.15, -0.1) is 11.3 Å². The van der Waals surface area contributed by atoms with Gasteiger partial charge in [0.05, 0.1) is 11.6 Å². The van der Waals surface area contributed by atoms with E-state index in [2.05, 4.69) is 0 Å². The summed E-state index contributed by atoms with van der Waals surface area (Å²) in [5, 5.41) is 12.9. The fraction of sp³-hybridized carbons (Fsp3) is 0.333. The number of thiophene rings is 1. The average Bonchev–Trinajstić information content (AvgIpc) is 3.33. The Morgan fingerprint density at radius 2 is 1.97 bits per heavy atom. The number of Topliss-reactive ketones (excluding diaryl/α,β-unsaturated/α-hetero) is 1. The number of amides is 1. The highest BCUT2D eigenvalue weighted by Gasteiger charge is 2.46. The number of ether oxygens (including phenoxy) is 2. The summed E-state index contributed by atoms with van der Waals surface area (Å²) in [6.07, 6.45) is 0. The molecule has 0 bridgehead atoms. The van der Waals surface area contributed by atoms with Gasteiger partial charge in [-0.2, -0.15) is 0 Å². The number of nitrogens with zero attached hydrogens (tertiary/aromatic N) is 2. The Bertz CT molecular complexity index is 967. The minimum absolute atomic E-state index is 0.105. The molecule has 1 N–H and O–H groups in total. The lowest BCUT2D eigenvalue weighted by Crippen LogP contribution is -2.35. The van der Waals surface area contributed by atoms with Crippen molar-refractivity contribution in [3.63, 3.8) is 0 Å². The van der Waals surface area contributed by atoms with Gasteiger partial charge in [0, 0.05) is 23.5 Å². The van der Waals surface area contributed by atoms with E-state index >= 15 is 0 Å². The molecule has 1 atom stereocenters. The number of likely N-dealkylation sites (N-methyl/N-ethyl adjacent to an activating group) is 1. The molecule has 7 nitrogen and oxygen atoms in total. The highest BCUT2D eigenvalue weighted by molar-refractivity contribution is 7.10. The molecule has 0 unspecified atom stereocenters. The first-order chi connectivity index (χ1) is 14.0. The van der Waals surface area contributed by atoms with E-state index < -0.39 is 17.7 Å². The zero-order valence-electron chi connectivity index (χ0n) is 16.3. The number of likely N-dealkylation sites (tertiary alicyclic amines) is 1. The van der Waals surface area contributed by atoms with Gasteiger partial charge in [-0.1, -0.05) is 6.07 Å². The average molecular weight is 414 g/mol. The van der Waals surface area contributed by atoms with E-state index in [9.17, 15) is 14.7 Å². The van der Waals surface area contributed by atoms with E-state index in [1.807, 2.05) is 36.5 Å². The van der Waals surface area contributed by atoms with Crippen molar-refractivity contribution in [1.82, 2.24) is 9.80 Å². The lowest BCUT2D eigenvalue weighted by Gasteiger charge is -2.25. The summed E-state index contributed by atoms with van der Waals surface area (Å²) in [6.45, 7) is 1.88. The standard InChI is InChI=1S/C21H22N2O5S/c1-22(2)7-8-23-18(16-4-3-11-29-16)17(20(25)21(23)26)19(24)13-5-6-14-15(12-13)28-10-9-27-14/h3-6,11-12,18,24H,7-10H2,1-2H3/t18-/m0/s1. The summed E-state index contributed by atoms with van der Waals surface area (Å²) in [5.74, 6) is -0.367. The summed E-state index contributed by atoms with van der Waals surface area (Å²) in [5.41, 5.74) is 0.522. The lowest BCUT2D eigenvalue weighted by atomic mass is 9.99. The van der Waals surface area contributed by atoms with Gasteiger partial charge in [0.1, 0.15) is 19.0 Å². The highest BCUT2D eigenvalue weighted by atomic mass is 32.1. The van der Waals surface area contributed by atoms with Crippen molar-refractivity contribution in [3.8, 4) is 11.5 Å². The molecule has 0 aliphatic carbocycles. The largest absolute Gasteiger partial charge is 0.507 e. The van der Waals surface area contributed by atoms with E-state index in [4.69, 9.17) is 9.47 Å². The first-order valence-corrected chi connectivity index (χ1v) is 10.2. The Labute approximate surface area is 172 Å². The fourth-order valence-corrected chi connectivity index (χ4v) is 4.35. The summed E-state index contributed by atoms with van der Waals surface area (Å²) >= 11 is 1.45. The van der Waals surface area contributed by atoms with Crippen LogP contribution in [0.2, 0.25) is 0 Å². The molecule has 0 saturated carbocycles. The Morgan fingerprint density at radius 1 is 1.21 bits per heavy atom. The molecule has 2 aliphatic rings. The number of rotatable bonds is 5. The van der Waals surface area contributed by atoms with Crippen molar-refractivity contribution in [2.75, 3.05) is 40.4 Å². The predicted molar refractivity (Wildman–Crippen MR) is 109 cm³/mol. The van der Waals surface area contributed by atoms with Gasteiger partial charge < -0.3 is 24.4 Å². The maximum absolute atomic E-state index is 12.9. The van der Waals surface area contributed by atoms with E-state index in [1.54, 1.807) is 18.2 Å². The fourth-order valence-electron chi connectivity index (χ4n) is 3.51. The van der Waals surface area contributed by atoms with Gasteiger partial charge in [0.2, 0.25) is 0 Å². The molecular formula is C21H22N2O5S. The second-order valence-electron chi connectivity index (χ2n) is 7.17. The number of hydrogen-bond donors (Lipinski definition) is 1. The zero-order chi connectivity index (χ0) is 20.5. The Balaban J connectivity index is 1.79. The quantitative estimate of drug-likeness (QED) is 0.460. The molecule has 29 heavy (non-hydrogen) atoms. The maximum Gasteiger partial charge on any atom is 0.295 e. The third-order valence-electron chi connectivity index (χ3n) is 4.96. The molecule has 1 aromatic carbocycles. The molecule has 0 radical (unpaired) electrons. The van der Waals surface area contributed by atoms with Crippen LogP contribution in [0, 0.1) is 0 Å². The minimum atomic E-state index is -0.672. The van der Waals surface area contributed by atoms with E-state index in [1.165, 1.54) is 16.2 Å². The topological polar surface area (TPSA) is 79.3 Å². The maximum atomic E-state index is 12.9. The number of aliphatic hydroxyl groups is 1. The van der Waals surface area contributed by atoms with E-state index in [0.29, 0.717) is 43.4 Å². The monoisotopic (exact) mass is 414 g/mol. The van der Waals surface area contributed by atoms with Crippen LogP contribution in [0.5, 0.6) is 11.5 Å². The van der Waals surface area contributed by atoms with Gasteiger partial charge >= 0.3 is 0 Å². The zero-order valence-corrected chi connectivity index (χ0v) is 17.1. The molecule has 3 heterocycles. The SMILES string of the molecule is CN(C)CCN1C(=O)C(=O)C(=C(O)c2ccc3c(c2)OCCO3)[C@@H]1c1cccs1. The van der Waals surface area contributed by atoms with Crippen molar-refractivity contribution in [1.29, 1.82) is 0 Å². The molecule has 0 spiro atoms. The highest BCUT2D eigenvalue weighted by Crippen LogP contribution is 2.42. The van der Waals surface area contributed by atoms with Crippen LogP contribution in [-0.2, 0) is 9.59 Å². The van der Waals surface area contributed by atoms with Gasteiger partial charge in [0.25, 0.3) is 11.7 Å². The van der Waals surface area contributed by atoms with Gasteiger partial charge in [-0.25, -0.2) is 0 Å². The van der Waals surface area contributed by atoms with Crippen molar-refractivity contribution in [3.05, 3.63) is 51.7 Å². The number of carbonyl (C=O) groups is 2. The number of carbonyl (C=O) groups excluding carboxylic acids is 2. The first-order valence-electron chi connectivity index (χ1n) is 9.34. The number of aliphatic hydroxyl groups excluding tert-OH is 1. The molecule has 1 amide bonds. The molecule has 2 aliphatic heterocycles. The van der Waals surface area contributed by atoms with Crippen LogP contribution in [0.25, 0.3) is 5.76 Å². The van der Waals surface area contributed by atoms with Crippen LogP contribution >= 0.6 is 11.3 Å². The van der Waals surface area contributed by atoms with Crippen molar-refractivity contribution in [2.24, 2.45) is 0 Å². The van der Waals surface area contributed by atoms with Crippen LogP contribution in [0.4, 0.5) is 0 Å². The number of hydrogen-bond acceptors (Lipinski definition) is 7. The Kier molecular flexibility index (Phi) is 5.29. The molecule has 2 aromatic rings. The van der Waals surface area contributed by atoms with Crippen molar-refractivity contribution in [2.45, 2.75) is 6.04 Å².